The Balaban J connectivity index is 2.42. The van der Waals surface area contributed by atoms with Gasteiger partial charge in [0.15, 0.2) is 0 Å². The van der Waals surface area contributed by atoms with Crippen LogP contribution < -0.4 is 5.32 Å². The molecule has 1 N–H and O–H groups in total. The molecule has 1 amide bonds. The normalized spacial score (nSPS) is 12.5. The summed E-state index contributed by atoms with van der Waals surface area (Å²) in [6.07, 6.45) is 1.85. The van der Waals surface area contributed by atoms with Gasteiger partial charge in [-0.3, -0.25) is 4.79 Å². The predicted molar refractivity (Wildman–Crippen MR) is 68.9 cm³/mol. The van der Waals surface area contributed by atoms with Gasteiger partial charge in [0, 0.05) is 11.9 Å². The Morgan fingerprint density at radius 1 is 1.67 bits per heavy atom. The summed E-state index contributed by atoms with van der Waals surface area (Å²) in [4.78, 5) is 12.4. The monoisotopic (exact) mass is 309 g/mol. The first-order valence-corrected chi connectivity index (χ1v) is 6.90. The second-order valence-corrected chi connectivity index (χ2v) is 6.15. The summed E-state index contributed by atoms with van der Waals surface area (Å²) in [6.45, 7) is 1.99. The Labute approximate surface area is 107 Å². The quantitative estimate of drug-likeness (QED) is 0.826. The average Bonchev–Trinajstić information content (AvgIpc) is 2.61. The van der Waals surface area contributed by atoms with E-state index >= 15 is 0 Å². The van der Waals surface area contributed by atoms with Crippen molar-refractivity contribution in [3.8, 4) is 0 Å². The van der Waals surface area contributed by atoms with Crippen LogP contribution in [0.2, 0.25) is 0 Å². The van der Waals surface area contributed by atoms with Gasteiger partial charge in [0.2, 0.25) is 0 Å². The molecule has 2 nitrogen and oxygen atoms in total. The molecular formula is C10H13BrClNOS. The maximum absolute atomic E-state index is 11.7. The summed E-state index contributed by atoms with van der Waals surface area (Å²) in [5, 5.41) is 2.94. The Hall–Kier alpha value is -0.0600. The van der Waals surface area contributed by atoms with Crippen LogP contribution in [-0.2, 0) is 0 Å². The molecule has 0 aromatic carbocycles. The van der Waals surface area contributed by atoms with Crippen molar-refractivity contribution in [3.63, 3.8) is 0 Å². The molecule has 1 atom stereocenters. The Bertz CT molecular complexity index is 329. The molecule has 84 valence electrons. The molecular weight excluding hydrogens is 298 g/mol. The SMILES string of the molecule is CC(CCCCl)NC(=O)c1ccc(Br)s1. The minimum Gasteiger partial charge on any atom is -0.349 e. The molecule has 0 aliphatic rings. The van der Waals surface area contributed by atoms with Crippen molar-refractivity contribution >= 4 is 44.8 Å². The van der Waals surface area contributed by atoms with Crippen LogP contribution in [0.15, 0.2) is 15.9 Å². The molecule has 15 heavy (non-hydrogen) atoms. The molecule has 1 rings (SSSR count). The number of hydrogen-bond donors (Lipinski definition) is 1. The molecule has 1 aromatic rings. The van der Waals surface area contributed by atoms with Crippen molar-refractivity contribution in [1.82, 2.24) is 5.32 Å². The molecule has 0 saturated carbocycles. The van der Waals surface area contributed by atoms with Gasteiger partial charge in [0.05, 0.1) is 8.66 Å². The zero-order valence-electron chi connectivity index (χ0n) is 8.43. The summed E-state index contributed by atoms with van der Waals surface area (Å²) in [5.74, 6) is 0.637. The second kappa shape index (κ2) is 6.51. The van der Waals surface area contributed by atoms with E-state index in [-0.39, 0.29) is 11.9 Å². The first kappa shape index (κ1) is 13.0. The van der Waals surface area contributed by atoms with Gasteiger partial charge < -0.3 is 5.32 Å². The summed E-state index contributed by atoms with van der Waals surface area (Å²) in [6, 6.07) is 3.87. The number of hydrogen-bond acceptors (Lipinski definition) is 2. The number of amides is 1. The van der Waals surface area contributed by atoms with E-state index in [9.17, 15) is 4.79 Å². The van der Waals surface area contributed by atoms with Crippen LogP contribution in [0.25, 0.3) is 0 Å². The second-order valence-electron chi connectivity index (χ2n) is 3.31. The Kier molecular flexibility index (Phi) is 5.64. The highest BCUT2D eigenvalue weighted by atomic mass is 79.9. The summed E-state index contributed by atoms with van der Waals surface area (Å²) < 4.78 is 0.973. The third-order valence-electron chi connectivity index (χ3n) is 1.95. The summed E-state index contributed by atoms with van der Waals surface area (Å²) in [7, 11) is 0. The molecule has 0 spiro atoms. The lowest BCUT2D eigenvalue weighted by Crippen LogP contribution is -2.31. The molecule has 0 aliphatic carbocycles. The van der Waals surface area contributed by atoms with Gasteiger partial charge in [-0.25, -0.2) is 0 Å². The highest BCUT2D eigenvalue weighted by Crippen LogP contribution is 2.21. The van der Waals surface area contributed by atoms with Crippen molar-refractivity contribution in [2.45, 2.75) is 25.8 Å². The molecule has 1 aromatic heterocycles. The molecule has 1 heterocycles. The lowest BCUT2D eigenvalue weighted by molar-refractivity contribution is 0.0942. The van der Waals surface area contributed by atoms with Gasteiger partial charge in [-0.2, -0.15) is 0 Å². The Morgan fingerprint density at radius 2 is 2.40 bits per heavy atom. The minimum absolute atomic E-state index is 0.00669. The van der Waals surface area contributed by atoms with E-state index in [0.29, 0.717) is 5.88 Å². The summed E-state index contributed by atoms with van der Waals surface area (Å²) in [5.41, 5.74) is 0. The van der Waals surface area contributed by atoms with Gasteiger partial charge in [-0.1, -0.05) is 0 Å². The van der Waals surface area contributed by atoms with Crippen molar-refractivity contribution in [1.29, 1.82) is 0 Å². The van der Waals surface area contributed by atoms with E-state index < -0.39 is 0 Å². The molecule has 0 radical (unpaired) electrons. The van der Waals surface area contributed by atoms with Gasteiger partial charge in [0.1, 0.15) is 0 Å². The smallest absolute Gasteiger partial charge is 0.261 e. The molecule has 0 saturated heterocycles. The molecule has 0 aliphatic heterocycles. The van der Waals surface area contributed by atoms with E-state index in [1.807, 2.05) is 19.1 Å². The highest BCUT2D eigenvalue weighted by molar-refractivity contribution is 9.11. The largest absolute Gasteiger partial charge is 0.349 e. The van der Waals surface area contributed by atoms with Crippen molar-refractivity contribution in [2.75, 3.05) is 5.88 Å². The van der Waals surface area contributed by atoms with E-state index in [4.69, 9.17) is 11.6 Å². The zero-order chi connectivity index (χ0) is 11.3. The third kappa shape index (κ3) is 4.53. The third-order valence-corrected chi connectivity index (χ3v) is 3.83. The number of halogens is 2. The topological polar surface area (TPSA) is 29.1 Å². The fraction of sp³-hybridized carbons (Fsp3) is 0.500. The van der Waals surface area contributed by atoms with Gasteiger partial charge in [-0.15, -0.1) is 22.9 Å². The molecule has 5 heteroatoms. The highest BCUT2D eigenvalue weighted by Gasteiger charge is 2.11. The van der Waals surface area contributed by atoms with E-state index in [0.717, 1.165) is 21.5 Å². The van der Waals surface area contributed by atoms with E-state index in [1.54, 1.807) is 0 Å². The predicted octanol–water partition coefficient (Wildman–Crippen LogP) is 3.65. The Morgan fingerprint density at radius 3 is 2.93 bits per heavy atom. The van der Waals surface area contributed by atoms with Crippen LogP contribution >= 0.6 is 38.9 Å². The van der Waals surface area contributed by atoms with E-state index in [1.165, 1.54) is 11.3 Å². The maximum Gasteiger partial charge on any atom is 0.261 e. The summed E-state index contributed by atoms with van der Waals surface area (Å²) >= 11 is 10.4. The zero-order valence-corrected chi connectivity index (χ0v) is 11.6. The lowest BCUT2D eigenvalue weighted by Gasteiger charge is -2.11. The standard InChI is InChI=1S/C10H13BrClNOS/c1-7(3-2-6-12)13-10(14)8-4-5-9(11)15-8/h4-5,7H,2-3,6H2,1H3,(H,13,14). The van der Waals surface area contributed by atoms with Crippen LogP contribution in [0.4, 0.5) is 0 Å². The van der Waals surface area contributed by atoms with Gasteiger partial charge in [0.25, 0.3) is 5.91 Å². The fourth-order valence-corrected chi connectivity index (χ4v) is 2.63. The molecule has 0 fully saturated rings. The van der Waals surface area contributed by atoms with Gasteiger partial charge in [-0.05, 0) is 47.8 Å². The number of carbonyl (C=O) groups excluding carboxylic acids is 1. The lowest BCUT2D eigenvalue weighted by atomic mass is 10.2. The number of thiophene rings is 1. The van der Waals surface area contributed by atoms with Crippen molar-refractivity contribution in [2.24, 2.45) is 0 Å². The van der Waals surface area contributed by atoms with Crippen LogP contribution in [0.3, 0.4) is 0 Å². The van der Waals surface area contributed by atoms with Gasteiger partial charge >= 0.3 is 0 Å². The number of nitrogens with one attached hydrogen (secondary N) is 1. The first-order valence-electron chi connectivity index (χ1n) is 4.75. The molecule has 0 bridgehead atoms. The number of carbonyl (C=O) groups is 1. The van der Waals surface area contributed by atoms with E-state index in [2.05, 4.69) is 21.2 Å². The first-order chi connectivity index (χ1) is 7.13. The van der Waals surface area contributed by atoms with Crippen LogP contribution in [0.5, 0.6) is 0 Å². The van der Waals surface area contributed by atoms with Crippen LogP contribution in [0, 0.1) is 0 Å². The van der Waals surface area contributed by atoms with Crippen molar-refractivity contribution < 1.29 is 4.79 Å². The van der Waals surface area contributed by atoms with Crippen LogP contribution in [-0.4, -0.2) is 17.8 Å². The molecule has 1 unspecified atom stereocenters. The minimum atomic E-state index is -0.00669. The number of rotatable bonds is 5. The number of alkyl halides is 1. The average molecular weight is 311 g/mol. The fourth-order valence-electron chi connectivity index (χ4n) is 1.19. The van der Waals surface area contributed by atoms with Crippen LogP contribution in [0.1, 0.15) is 29.4 Å². The van der Waals surface area contributed by atoms with Crippen molar-refractivity contribution in [3.05, 3.63) is 20.8 Å². The maximum atomic E-state index is 11.7.